The summed E-state index contributed by atoms with van der Waals surface area (Å²) >= 11 is 0. The third kappa shape index (κ3) is 4.79. The van der Waals surface area contributed by atoms with Gasteiger partial charge in [-0.1, -0.05) is 17.7 Å². The van der Waals surface area contributed by atoms with Gasteiger partial charge in [-0.05, 0) is 31.9 Å². The summed E-state index contributed by atoms with van der Waals surface area (Å²) in [6.45, 7) is 2.99. The fourth-order valence-corrected chi connectivity index (χ4v) is 3.06. The van der Waals surface area contributed by atoms with E-state index in [0.717, 1.165) is 18.6 Å². The highest BCUT2D eigenvalue weighted by atomic mass is 16.5. The number of ether oxygens (including phenoxy) is 1. The Morgan fingerprint density at radius 1 is 1.36 bits per heavy atom. The second kappa shape index (κ2) is 8.11. The second-order valence-electron chi connectivity index (χ2n) is 6.51. The number of aliphatic hydroxyl groups is 1. The Kier molecular flexibility index (Phi) is 5.65. The topological polar surface area (TPSA) is 89.3 Å². The number of nitrogens with zero attached hydrogens (tertiary/aromatic N) is 3. The lowest BCUT2D eigenvalue weighted by atomic mass is 10.1. The van der Waals surface area contributed by atoms with Crippen molar-refractivity contribution in [1.82, 2.24) is 20.1 Å². The Morgan fingerprint density at radius 2 is 2.16 bits per heavy atom. The van der Waals surface area contributed by atoms with Gasteiger partial charge in [0.25, 0.3) is 0 Å². The lowest BCUT2D eigenvalue weighted by Crippen LogP contribution is -2.37. The van der Waals surface area contributed by atoms with Crippen LogP contribution in [0.15, 0.2) is 36.9 Å². The van der Waals surface area contributed by atoms with Gasteiger partial charge in [0.1, 0.15) is 24.5 Å². The monoisotopic (exact) mass is 344 g/mol. The van der Waals surface area contributed by atoms with Crippen molar-refractivity contribution in [2.24, 2.45) is 5.92 Å². The summed E-state index contributed by atoms with van der Waals surface area (Å²) < 4.78 is 7.52. The molecule has 1 amide bonds. The predicted molar refractivity (Wildman–Crippen MR) is 92.0 cm³/mol. The van der Waals surface area contributed by atoms with Crippen molar-refractivity contribution in [2.75, 3.05) is 6.54 Å². The number of aryl methyl sites for hydroxylation is 2. The fourth-order valence-electron chi connectivity index (χ4n) is 3.06. The number of aliphatic hydroxyl groups excluding tert-OH is 1. The van der Waals surface area contributed by atoms with E-state index in [1.807, 2.05) is 31.2 Å². The number of rotatable bonds is 7. The largest absolute Gasteiger partial charge is 0.488 e. The molecule has 7 nitrogen and oxygen atoms in total. The highest BCUT2D eigenvalue weighted by Crippen LogP contribution is 2.29. The third-order valence-corrected chi connectivity index (χ3v) is 4.59. The number of benzene rings is 1. The molecular formula is C18H24N4O3. The van der Waals surface area contributed by atoms with E-state index in [0.29, 0.717) is 19.5 Å². The van der Waals surface area contributed by atoms with E-state index in [-0.39, 0.29) is 17.9 Å². The van der Waals surface area contributed by atoms with Gasteiger partial charge in [0.15, 0.2) is 0 Å². The number of aromatic nitrogens is 3. The molecular weight excluding hydrogens is 320 g/mol. The molecule has 1 aromatic heterocycles. The third-order valence-electron chi connectivity index (χ3n) is 4.59. The van der Waals surface area contributed by atoms with Gasteiger partial charge in [0, 0.05) is 18.9 Å². The Balaban J connectivity index is 1.41. The van der Waals surface area contributed by atoms with Gasteiger partial charge in [0.2, 0.25) is 5.91 Å². The average molecular weight is 344 g/mol. The molecule has 0 radical (unpaired) electrons. The SMILES string of the molecule is Cc1ccc(O[C@@H]2CC[C@H](CNC(=O)CCn3cncn3)[C@H]2O)cc1. The first-order valence-electron chi connectivity index (χ1n) is 8.62. The maximum Gasteiger partial charge on any atom is 0.221 e. The zero-order valence-corrected chi connectivity index (χ0v) is 14.3. The fraction of sp³-hybridized carbons (Fsp3) is 0.500. The molecule has 1 saturated carbocycles. The van der Waals surface area contributed by atoms with Crippen LogP contribution >= 0.6 is 0 Å². The molecule has 3 rings (SSSR count). The zero-order chi connectivity index (χ0) is 17.6. The molecule has 0 spiro atoms. The van der Waals surface area contributed by atoms with Crippen molar-refractivity contribution in [3.05, 3.63) is 42.5 Å². The van der Waals surface area contributed by atoms with E-state index >= 15 is 0 Å². The van der Waals surface area contributed by atoms with Gasteiger partial charge in [-0.25, -0.2) is 4.98 Å². The van der Waals surface area contributed by atoms with Crippen LogP contribution in [0.25, 0.3) is 0 Å². The van der Waals surface area contributed by atoms with Gasteiger partial charge in [-0.3, -0.25) is 9.48 Å². The van der Waals surface area contributed by atoms with E-state index < -0.39 is 6.10 Å². The predicted octanol–water partition coefficient (Wildman–Crippen LogP) is 1.31. The van der Waals surface area contributed by atoms with Gasteiger partial charge < -0.3 is 15.2 Å². The number of carbonyl (C=O) groups is 1. The van der Waals surface area contributed by atoms with Crippen LogP contribution in [0.5, 0.6) is 5.75 Å². The van der Waals surface area contributed by atoms with Crippen LogP contribution < -0.4 is 10.1 Å². The Labute approximate surface area is 147 Å². The molecule has 1 aliphatic carbocycles. The quantitative estimate of drug-likeness (QED) is 0.790. The molecule has 134 valence electrons. The molecule has 0 unspecified atom stereocenters. The van der Waals surface area contributed by atoms with Crippen molar-refractivity contribution in [1.29, 1.82) is 0 Å². The minimum Gasteiger partial charge on any atom is -0.488 e. The molecule has 1 fully saturated rings. The van der Waals surface area contributed by atoms with Crippen LogP contribution in [0.3, 0.4) is 0 Å². The Morgan fingerprint density at radius 3 is 2.88 bits per heavy atom. The molecule has 1 aliphatic rings. The molecule has 2 aromatic rings. The van der Waals surface area contributed by atoms with Crippen molar-refractivity contribution in [3.8, 4) is 5.75 Å². The standard InChI is InChI=1S/C18H24N4O3/c1-13-2-5-15(6-3-13)25-16-7-4-14(18(16)24)10-20-17(23)8-9-22-12-19-11-21-22/h2-3,5-6,11-12,14,16,18,24H,4,7-10H2,1H3,(H,20,23)/t14-,16-,18-/m1/s1. The summed E-state index contributed by atoms with van der Waals surface area (Å²) in [7, 11) is 0. The van der Waals surface area contributed by atoms with Crippen molar-refractivity contribution in [3.63, 3.8) is 0 Å². The number of hydrogen-bond donors (Lipinski definition) is 2. The van der Waals surface area contributed by atoms with Crippen LogP contribution in [0.4, 0.5) is 0 Å². The van der Waals surface area contributed by atoms with Crippen molar-refractivity contribution >= 4 is 5.91 Å². The average Bonchev–Trinajstić information content (AvgIpc) is 3.24. The molecule has 3 atom stereocenters. The summed E-state index contributed by atoms with van der Waals surface area (Å²) in [5.41, 5.74) is 1.17. The number of amides is 1. The van der Waals surface area contributed by atoms with Crippen molar-refractivity contribution in [2.45, 2.75) is 44.9 Å². The van der Waals surface area contributed by atoms with Gasteiger partial charge in [-0.2, -0.15) is 5.10 Å². The van der Waals surface area contributed by atoms with E-state index in [4.69, 9.17) is 4.74 Å². The first-order chi connectivity index (χ1) is 12.1. The number of carbonyl (C=O) groups excluding carboxylic acids is 1. The molecule has 1 heterocycles. The highest BCUT2D eigenvalue weighted by molar-refractivity contribution is 5.75. The molecule has 0 saturated heterocycles. The molecule has 0 bridgehead atoms. The molecule has 2 N–H and O–H groups in total. The minimum absolute atomic E-state index is 0.0192. The Bertz CT molecular complexity index is 672. The minimum atomic E-state index is -0.572. The van der Waals surface area contributed by atoms with Gasteiger partial charge in [-0.15, -0.1) is 0 Å². The number of hydrogen-bond acceptors (Lipinski definition) is 5. The maximum absolute atomic E-state index is 11.9. The molecule has 25 heavy (non-hydrogen) atoms. The summed E-state index contributed by atoms with van der Waals surface area (Å²) in [6, 6.07) is 7.82. The zero-order valence-electron chi connectivity index (χ0n) is 14.3. The first kappa shape index (κ1) is 17.4. The first-order valence-corrected chi connectivity index (χ1v) is 8.62. The lowest BCUT2D eigenvalue weighted by molar-refractivity contribution is -0.121. The van der Waals surface area contributed by atoms with Crippen molar-refractivity contribution < 1.29 is 14.6 Å². The van der Waals surface area contributed by atoms with Crippen LogP contribution in [0, 0.1) is 12.8 Å². The smallest absolute Gasteiger partial charge is 0.221 e. The molecule has 1 aromatic carbocycles. The number of nitrogens with one attached hydrogen (secondary N) is 1. The summed E-state index contributed by atoms with van der Waals surface area (Å²) in [5, 5.41) is 17.3. The van der Waals surface area contributed by atoms with Crippen LogP contribution in [-0.2, 0) is 11.3 Å². The summed E-state index contributed by atoms with van der Waals surface area (Å²) in [5.74, 6) is 0.739. The molecule has 0 aliphatic heterocycles. The van der Waals surface area contributed by atoms with E-state index in [1.54, 1.807) is 11.0 Å². The van der Waals surface area contributed by atoms with E-state index in [9.17, 15) is 9.90 Å². The second-order valence-corrected chi connectivity index (χ2v) is 6.51. The van der Waals surface area contributed by atoms with E-state index in [2.05, 4.69) is 15.4 Å². The normalized spacial score (nSPS) is 22.7. The van der Waals surface area contributed by atoms with Crippen LogP contribution in [0.2, 0.25) is 0 Å². The summed E-state index contributed by atoms with van der Waals surface area (Å²) in [6.07, 6.45) is 4.20. The van der Waals surface area contributed by atoms with E-state index in [1.165, 1.54) is 11.9 Å². The van der Waals surface area contributed by atoms with Gasteiger partial charge >= 0.3 is 0 Å². The van der Waals surface area contributed by atoms with Crippen LogP contribution in [0.1, 0.15) is 24.8 Å². The maximum atomic E-state index is 11.9. The summed E-state index contributed by atoms with van der Waals surface area (Å²) in [4.78, 5) is 15.8. The van der Waals surface area contributed by atoms with Gasteiger partial charge in [0.05, 0.1) is 12.6 Å². The Hall–Kier alpha value is -2.41. The van der Waals surface area contributed by atoms with Crippen LogP contribution in [-0.4, -0.2) is 44.5 Å². The molecule has 7 heteroatoms. The lowest BCUT2D eigenvalue weighted by Gasteiger charge is -2.21. The highest BCUT2D eigenvalue weighted by Gasteiger charge is 2.36.